The first-order chi connectivity index (χ1) is 8.06. The van der Waals surface area contributed by atoms with Crippen molar-refractivity contribution < 1.29 is 19.4 Å². The van der Waals surface area contributed by atoms with E-state index >= 15 is 0 Å². The van der Waals surface area contributed by atoms with Gasteiger partial charge in [-0.1, -0.05) is 0 Å². The number of aromatic hydroxyl groups is 1. The first kappa shape index (κ1) is 12.4. The number of hydrogen-bond acceptors (Lipinski definition) is 7. The van der Waals surface area contributed by atoms with Crippen molar-refractivity contribution in [3.63, 3.8) is 0 Å². The Hall–Kier alpha value is -2.66. The summed E-state index contributed by atoms with van der Waals surface area (Å²) in [4.78, 5) is 25.3. The number of rotatable bonds is 2. The lowest BCUT2D eigenvalue weighted by Gasteiger charge is -2.05. The van der Waals surface area contributed by atoms with E-state index in [1.165, 1.54) is 0 Å². The maximum absolute atomic E-state index is 11.1. The van der Waals surface area contributed by atoms with Crippen LogP contribution in [0.15, 0.2) is 12.3 Å². The molecule has 1 heterocycles. The molecule has 0 saturated heterocycles. The number of nitrogens with zero attached hydrogens (tertiary/aromatic N) is 2. The zero-order chi connectivity index (χ0) is 12.8. The van der Waals surface area contributed by atoms with Crippen LogP contribution in [0.2, 0.25) is 0 Å². The molecule has 8 heteroatoms. The first-order valence-electron chi connectivity index (χ1n) is 4.37. The molecule has 0 aliphatic heterocycles. The van der Waals surface area contributed by atoms with Gasteiger partial charge in [0.25, 0.3) is 5.88 Å². The van der Waals surface area contributed by atoms with Crippen molar-refractivity contribution in [2.75, 3.05) is 6.54 Å². The Morgan fingerprint density at radius 1 is 1.65 bits per heavy atom. The van der Waals surface area contributed by atoms with E-state index in [9.17, 15) is 14.7 Å². The van der Waals surface area contributed by atoms with Gasteiger partial charge < -0.3 is 15.6 Å². The van der Waals surface area contributed by atoms with Crippen LogP contribution in [0.5, 0.6) is 11.6 Å². The summed E-state index contributed by atoms with van der Waals surface area (Å²) in [7, 11) is 0. The summed E-state index contributed by atoms with van der Waals surface area (Å²) in [5.74, 6) is -1.63. The number of nitrogens with one attached hydrogen (secondary N) is 1. The maximum Gasteiger partial charge on any atom is 0.420 e. The number of carbonyl (C=O) groups excluding carboxylic acids is 2. The Balaban J connectivity index is 2.73. The molecule has 2 amide bonds. The molecule has 0 atom stereocenters. The third-order valence-corrected chi connectivity index (χ3v) is 1.58. The van der Waals surface area contributed by atoms with E-state index in [2.05, 4.69) is 9.72 Å². The van der Waals surface area contributed by atoms with Gasteiger partial charge in [-0.3, -0.25) is 10.1 Å². The number of nitrogens with two attached hydrogens (primary N) is 1. The van der Waals surface area contributed by atoms with E-state index in [0.29, 0.717) is 0 Å². The van der Waals surface area contributed by atoms with Crippen LogP contribution in [0, 0.1) is 11.3 Å². The summed E-state index contributed by atoms with van der Waals surface area (Å²) in [5.41, 5.74) is 5.07. The quantitative estimate of drug-likeness (QED) is 0.612. The fourth-order valence-corrected chi connectivity index (χ4v) is 0.859. The molecule has 0 spiro atoms. The molecule has 0 radical (unpaired) electrons. The number of ether oxygens (including phenoxy) is 1. The van der Waals surface area contributed by atoms with Crippen molar-refractivity contribution in [3.05, 3.63) is 17.8 Å². The van der Waals surface area contributed by atoms with Crippen LogP contribution in [-0.2, 0) is 4.79 Å². The zero-order valence-electron chi connectivity index (χ0n) is 8.51. The predicted molar refractivity (Wildman–Crippen MR) is 53.8 cm³/mol. The Kier molecular flexibility index (Phi) is 3.96. The van der Waals surface area contributed by atoms with Gasteiger partial charge in [0.2, 0.25) is 5.91 Å². The summed E-state index contributed by atoms with van der Waals surface area (Å²) in [6.07, 6.45) is -0.0134. The number of nitriles is 1. The van der Waals surface area contributed by atoms with E-state index in [1.54, 1.807) is 11.4 Å². The fraction of sp³-hybridized carbons (Fsp3) is 0.111. The normalized spacial score (nSPS) is 9.18. The average molecular weight is 236 g/mol. The summed E-state index contributed by atoms with van der Waals surface area (Å²) in [6.45, 7) is -0.373. The van der Waals surface area contributed by atoms with Gasteiger partial charge in [-0.15, -0.1) is 0 Å². The maximum atomic E-state index is 11.1. The highest BCUT2D eigenvalue weighted by Gasteiger charge is 2.12. The highest BCUT2D eigenvalue weighted by molar-refractivity contribution is 5.93. The van der Waals surface area contributed by atoms with Crippen molar-refractivity contribution in [2.45, 2.75) is 0 Å². The van der Waals surface area contributed by atoms with Crippen molar-refractivity contribution in [2.24, 2.45) is 5.73 Å². The molecule has 0 aliphatic carbocycles. The molecule has 0 aromatic carbocycles. The van der Waals surface area contributed by atoms with Gasteiger partial charge in [-0.2, -0.15) is 5.26 Å². The van der Waals surface area contributed by atoms with E-state index in [1.807, 2.05) is 0 Å². The SMILES string of the molecule is N#Cc1cnc(OC(=O)NC(=O)CN)c(O)c1. The van der Waals surface area contributed by atoms with Crippen LogP contribution >= 0.6 is 0 Å². The Labute approximate surface area is 95.6 Å². The highest BCUT2D eigenvalue weighted by atomic mass is 16.6. The number of carbonyl (C=O) groups is 2. The molecule has 88 valence electrons. The van der Waals surface area contributed by atoms with E-state index in [0.717, 1.165) is 12.3 Å². The number of aromatic nitrogens is 1. The van der Waals surface area contributed by atoms with Crippen LogP contribution in [0.3, 0.4) is 0 Å². The lowest BCUT2D eigenvalue weighted by atomic mass is 10.3. The smallest absolute Gasteiger partial charge is 0.420 e. The van der Waals surface area contributed by atoms with Crippen molar-refractivity contribution >= 4 is 12.0 Å². The second-order valence-corrected chi connectivity index (χ2v) is 2.80. The molecule has 1 aromatic rings. The predicted octanol–water partition coefficient (Wildman–Crippen LogP) is -0.767. The van der Waals surface area contributed by atoms with Gasteiger partial charge >= 0.3 is 6.09 Å². The van der Waals surface area contributed by atoms with Gasteiger partial charge in [0, 0.05) is 12.3 Å². The monoisotopic (exact) mass is 236 g/mol. The summed E-state index contributed by atoms with van der Waals surface area (Å²) in [5, 5.41) is 19.6. The van der Waals surface area contributed by atoms with Gasteiger partial charge in [-0.05, 0) is 0 Å². The van der Waals surface area contributed by atoms with E-state index in [4.69, 9.17) is 11.0 Å². The van der Waals surface area contributed by atoms with Gasteiger partial charge in [-0.25, -0.2) is 9.78 Å². The third-order valence-electron chi connectivity index (χ3n) is 1.58. The molecule has 1 rings (SSSR count). The van der Waals surface area contributed by atoms with Gasteiger partial charge in [0.15, 0.2) is 5.75 Å². The number of hydrogen-bond donors (Lipinski definition) is 3. The molecule has 4 N–H and O–H groups in total. The highest BCUT2D eigenvalue weighted by Crippen LogP contribution is 2.23. The van der Waals surface area contributed by atoms with Crippen molar-refractivity contribution in [1.82, 2.24) is 10.3 Å². The molecular weight excluding hydrogens is 228 g/mol. The topological polar surface area (TPSA) is 138 Å². The van der Waals surface area contributed by atoms with Crippen LogP contribution < -0.4 is 15.8 Å². The molecule has 0 bridgehead atoms. The molecule has 0 saturated carbocycles. The lowest BCUT2D eigenvalue weighted by molar-refractivity contribution is -0.118. The van der Waals surface area contributed by atoms with Gasteiger partial charge in [0.05, 0.1) is 12.1 Å². The second kappa shape index (κ2) is 5.43. The lowest BCUT2D eigenvalue weighted by Crippen LogP contribution is -2.37. The van der Waals surface area contributed by atoms with Crippen molar-refractivity contribution in [3.8, 4) is 17.7 Å². The molecule has 0 fully saturated rings. The molecule has 8 nitrogen and oxygen atoms in total. The minimum Gasteiger partial charge on any atom is -0.503 e. The summed E-state index contributed by atoms with van der Waals surface area (Å²) >= 11 is 0. The first-order valence-corrected chi connectivity index (χ1v) is 4.37. The number of amides is 2. The Morgan fingerprint density at radius 2 is 2.35 bits per heavy atom. The molecule has 1 aromatic heterocycles. The van der Waals surface area contributed by atoms with E-state index in [-0.39, 0.29) is 12.1 Å². The van der Waals surface area contributed by atoms with Crippen LogP contribution in [0.1, 0.15) is 5.56 Å². The number of pyridine rings is 1. The third kappa shape index (κ3) is 3.44. The number of imide groups is 1. The summed E-state index contributed by atoms with van der Waals surface area (Å²) in [6, 6.07) is 2.81. The van der Waals surface area contributed by atoms with E-state index < -0.39 is 23.6 Å². The zero-order valence-corrected chi connectivity index (χ0v) is 8.51. The minimum atomic E-state index is -1.12. The van der Waals surface area contributed by atoms with Crippen molar-refractivity contribution in [1.29, 1.82) is 5.26 Å². The molecule has 0 aliphatic rings. The molecular formula is C9H8N4O4. The Morgan fingerprint density at radius 3 is 2.88 bits per heavy atom. The molecule has 17 heavy (non-hydrogen) atoms. The fourth-order valence-electron chi connectivity index (χ4n) is 0.859. The Bertz CT molecular complexity index is 494. The standard InChI is InChI=1S/C9H8N4O4/c10-2-5-1-6(14)8(12-4-5)17-9(16)13-7(15)3-11/h1,4,14H,3,11H2,(H,13,15,16). The van der Waals surface area contributed by atoms with Crippen LogP contribution in [0.25, 0.3) is 0 Å². The van der Waals surface area contributed by atoms with Crippen LogP contribution in [0.4, 0.5) is 4.79 Å². The average Bonchev–Trinajstić information content (AvgIpc) is 2.31. The second-order valence-electron chi connectivity index (χ2n) is 2.80. The van der Waals surface area contributed by atoms with Gasteiger partial charge in [0.1, 0.15) is 6.07 Å². The largest absolute Gasteiger partial charge is 0.503 e. The van der Waals surface area contributed by atoms with Crippen LogP contribution in [-0.4, -0.2) is 28.6 Å². The minimum absolute atomic E-state index is 0.105. The summed E-state index contributed by atoms with van der Waals surface area (Å²) < 4.78 is 4.52. The molecule has 0 unspecified atom stereocenters.